The maximum Gasteiger partial charge on any atom is 0.0116 e. The van der Waals surface area contributed by atoms with Gasteiger partial charge in [0.15, 0.2) is 0 Å². The highest BCUT2D eigenvalue weighted by Crippen LogP contribution is 2.12. The van der Waals surface area contributed by atoms with Crippen LogP contribution in [0.4, 0.5) is 0 Å². The molecule has 0 aromatic carbocycles. The molecule has 0 spiro atoms. The predicted octanol–water partition coefficient (Wildman–Crippen LogP) is 5.10. The Hall–Kier alpha value is -0.470. The first-order chi connectivity index (χ1) is 9.06. The minimum atomic E-state index is 0.783. The van der Waals surface area contributed by atoms with Crippen LogP contribution in [0.3, 0.4) is 0 Å². The molecule has 19 heavy (non-hydrogen) atoms. The minimum absolute atomic E-state index is 0.783. The fourth-order valence-electron chi connectivity index (χ4n) is 1.71. The average molecular weight is 282 g/mol. The Morgan fingerprint density at radius 1 is 0.895 bits per heavy atom. The van der Waals surface area contributed by atoms with Crippen molar-refractivity contribution in [2.24, 2.45) is 5.73 Å². The van der Waals surface area contributed by atoms with E-state index in [9.17, 15) is 0 Å². The molecule has 110 valence electrons. The second-order valence-electron chi connectivity index (χ2n) is 5.32. The Bertz CT molecular complexity index is 309. The van der Waals surface area contributed by atoms with Gasteiger partial charge < -0.3 is 5.73 Å². The summed E-state index contributed by atoms with van der Waals surface area (Å²) in [5, 5.41) is 0. The summed E-state index contributed by atoms with van der Waals surface area (Å²) in [7, 11) is 0. The first-order valence-electron chi connectivity index (χ1n) is 7.28. The van der Waals surface area contributed by atoms with Crippen molar-refractivity contribution in [3.63, 3.8) is 0 Å². The number of hydrogen-bond donors (Lipinski definition) is 1. The quantitative estimate of drug-likeness (QED) is 0.445. The van der Waals surface area contributed by atoms with Crippen molar-refractivity contribution in [2.45, 2.75) is 53.4 Å². The summed E-state index contributed by atoms with van der Waals surface area (Å²) in [6, 6.07) is 0. The number of hydrogen-bond acceptors (Lipinski definition) is 2. The highest BCUT2D eigenvalue weighted by atomic mass is 32.2. The van der Waals surface area contributed by atoms with Crippen molar-refractivity contribution >= 4 is 11.8 Å². The number of rotatable bonds is 10. The van der Waals surface area contributed by atoms with Crippen LogP contribution in [-0.2, 0) is 0 Å². The molecule has 2 heteroatoms. The van der Waals surface area contributed by atoms with E-state index in [2.05, 4.69) is 45.9 Å². The zero-order valence-electron chi connectivity index (χ0n) is 13.2. The van der Waals surface area contributed by atoms with Crippen molar-refractivity contribution in [3.8, 4) is 0 Å². The molecular formula is C17H31NS. The zero-order chi connectivity index (χ0) is 14.5. The SMILES string of the molecule is CC(C)=CCCC(C)=CCCC(C)=CCSCCN. The third-order valence-electron chi connectivity index (χ3n) is 2.93. The van der Waals surface area contributed by atoms with Crippen LogP contribution in [-0.4, -0.2) is 18.1 Å². The van der Waals surface area contributed by atoms with Crippen LogP contribution < -0.4 is 5.73 Å². The maximum atomic E-state index is 5.46. The van der Waals surface area contributed by atoms with Crippen molar-refractivity contribution in [2.75, 3.05) is 18.1 Å². The van der Waals surface area contributed by atoms with Gasteiger partial charge in [-0.15, -0.1) is 0 Å². The van der Waals surface area contributed by atoms with Crippen LogP contribution in [0.15, 0.2) is 34.9 Å². The van der Waals surface area contributed by atoms with Gasteiger partial charge in [-0.2, -0.15) is 11.8 Å². The Morgan fingerprint density at radius 2 is 1.47 bits per heavy atom. The Balaban J connectivity index is 3.77. The van der Waals surface area contributed by atoms with Crippen LogP contribution in [0.5, 0.6) is 0 Å². The molecule has 0 atom stereocenters. The third kappa shape index (κ3) is 13.8. The molecule has 1 nitrogen and oxygen atoms in total. The van der Waals surface area contributed by atoms with Gasteiger partial charge in [-0.05, 0) is 53.4 Å². The second-order valence-corrected chi connectivity index (χ2v) is 6.47. The van der Waals surface area contributed by atoms with Gasteiger partial charge in [0.2, 0.25) is 0 Å². The van der Waals surface area contributed by atoms with E-state index < -0.39 is 0 Å². The molecular weight excluding hydrogens is 250 g/mol. The molecule has 0 heterocycles. The fourth-order valence-corrected chi connectivity index (χ4v) is 2.44. The molecule has 0 amide bonds. The van der Waals surface area contributed by atoms with E-state index in [1.54, 1.807) is 0 Å². The van der Waals surface area contributed by atoms with E-state index in [0.717, 1.165) is 18.1 Å². The lowest BCUT2D eigenvalue weighted by Crippen LogP contribution is -2.01. The molecule has 0 saturated carbocycles. The Kier molecular flexibility index (Phi) is 12.2. The summed E-state index contributed by atoms with van der Waals surface area (Å²) in [6.45, 7) is 9.58. The number of nitrogens with two attached hydrogens (primary N) is 1. The highest BCUT2D eigenvalue weighted by molar-refractivity contribution is 7.99. The van der Waals surface area contributed by atoms with Crippen molar-refractivity contribution in [1.82, 2.24) is 0 Å². The molecule has 0 fully saturated rings. The normalized spacial score (nSPS) is 12.7. The number of allylic oxidation sites excluding steroid dienone is 5. The Labute approximate surface area is 124 Å². The van der Waals surface area contributed by atoms with Crippen molar-refractivity contribution in [3.05, 3.63) is 34.9 Å². The lowest BCUT2D eigenvalue weighted by atomic mass is 10.1. The summed E-state index contributed by atoms with van der Waals surface area (Å²) in [4.78, 5) is 0. The molecule has 0 aromatic rings. The summed E-state index contributed by atoms with van der Waals surface area (Å²) in [5.41, 5.74) is 9.90. The minimum Gasteiger partial charge on any atom is -0.330 e. The Morgan fingerprint density at radius 3 is 2.05 bits per heavy atom. The van der Waals surface area contributed by atoms with Gasteiger partial charge in [-0.3, -0.25) is 0 Å². The summed E-state index contributed by atoms with van der Waals surface area (Å²) >= 11 is 1.91. The van der Waals surface area contributed by atoms with E-state index in [-0.39, 0.29) is 0 Å². The molecule has 0 saturated heterocycles. The van der Waals surface area contributed by atoms with Gasteiger partial charge in [0, 0.05) is 18.1 Å². The third-order valence-corrected chi connectivity index (χ3v) is 3.86. The molecule has 0 rings (SSSR count). The topological polar surface area (TPSA) is 26.0 Å². The average Bonchev–Trinajstić information content (AvgIpc) is 2.34. The van der Waals surface area contributed by atoms with Gasteiger partial charge in [0.1, 0.15) is 0 Å². The van der Waals surface area contributed by atoms with Crippen LogP contribution in [0.25, 0.3) is 0 Å². The first kappa shape index (κ1) is 18.5. The fraction of sp³-hybridized carbons (Fsp3) is 0.647. The molecule has 0 aliphatic carbocycles. The molecule has 0 radical (unpaired) electrons. The van der Waals surface area contributed by atoms with Gasteiger partial charge in [0.05, 0.1) is 0 Å². The molecule has 0 unspecified atom stereocenters. The monoisotopic (exact) mass is 281 g/mol. The molecule has 0 aromatic heterocycles. The van der Waals surface area contributed by atoms with E-state index >= 15 is 0 Å². The van der Waals surface area contributed by atoms with Gasteiger partial charge in [0.25, 0.3) is 0 Å². The summed E-state index contributed by atoms with van der Waals surface area (Å²) in [5.74, 6) is 2.17. The van der Waals surface area contributed by atoms with Crippen LogP contribution in [0, 0.1) is 0 Å². The number of thioether (sulfide) groups is 1. The summed E-state index contributed by atoms with van der Waals surface area (Å²) < 4.78 is 0. The van der Waals surface area contributed by atoms with E-state index in [4.69, 9.17) is 5.73 Å². The van der Waals surface area contributed by atoms with Crippen LogP contribution in [0.2, 0.25) is 0 Å². The van der Waals surface area contributed by atoms with E-state index in [1.807, 2.05) is 11.8 Å². The van der Waals surface area contributed by atoms with E-state index in [0.29, 0.717) is 0 Å². The van der Waals surface area contributed by atoms with E-state index in [1.165, 1.54) is 42.4 Å². The standard InChI is InChI=1S/C17H31NS/c1-15(2)7-5-8-16(3)9-6-10-17(4)11-13-19-14-12-18/h7,9,11H,5-6,8,10,12-14,18H2,1-4H3. The first-order valence-corrected chi connectivity index (χ1v) is 8.44. The van der Waals surface area contributed by atoms with Crippen LogP contribution >= 0.6 is 11.8 Å². The maximum absolute atomic E-state index is 5.46. The molecule has 0 bridgehead atoms. The van der Waals surface area contributed by atoms with Crippen LogP contribution in [0.1, 0.15) is 53.4 Å². The highest BCUT2D eigenvalue weighted by Gasteiger charge is 1.92. The lowest BCUT2D eigenvalue weighted by Gasteiger charge is -2.01. The largest absolute Gasteiger partial charge is 0.330 e. The second kappa shape index (κ2) is 12.6. The van der Waals surface area contributed by atoms with Gasteiger partial charge in [-0.1, -0.05) is 34.9 Å². The molecule has 0 aliphatic heterocycles. The molecule has 0 aliphatic rings. The van der Waals surface area contributed by atoms with Gasteiger partial charge in [-0.25, -0.2) is 0 Å². The summed E-state index contributed by atoms with van der Waals surface area (Å²) in [6.07, 6.45) is 11.8. The lowest BCUT2D eigenvalue weighted by molar-refractivity contribution is 0.917. The smallest absolute Gasteiger partial charge is 0.0116 e. The van der Waals surface area contributed by atoms with Crippen molar-refractivity contribution in [1.29, 1.82) is 0 Å². The predicted molar refractivity (Wildman–Crippen MR) is 91.8 cm³/mol. The van der Waals surface area contributed by atoms with Gasteiger partial charge >= 0.3 is 0 Å². The molecule has 2 N–H and O–H groups in total. The van der Waals surface area contributed by atoms with Crippen molar-refractivity contribution < 1.29 is 0 Å². The zero-order valence-corrected chi connectivity index (χ0v) is 14.0.